The summed E-state index contributed by atoms with van der Waals surface area (Å²) in [5, 5.41) is 2.52. The molecule has 0 aromatic rings. The Balaban J connectivity index is 3.12. The molecule has 1 aliphatic carbocycles. The quantitative estimate of drug-likeness (QED) is 0.672. The molecule has 0 spiro atoms. The van der Waals surface area contributed by atoms with Gasteiger partial charge in [0.1, 0.15) is 0 Å². The van der Waals surface area contributed by atoms with Crippen LogP contribution in [-0.2, 0) is 0 Å². The second-order valence-electron chi connectivity index (χ2n) is 2.31. The fraction of sp³-hybridized carbons (Fsp3) is 0.250. The van der Waals surface area contributed by atoms with Crippen LogP contribution in [0.25, 0.3) is 0 Å². The van der Waals surface area contributed by atoms with Crippen molar-refractivity contribution in [3.8, 4) is 0 Å². The van der Waals surface area contributed by atoms with E-state index in [0.717, 1.165) is 6.08 Å². The molecule has 0 atom stereocenters. The summed E-state index contributed by atoms with van der Waals surface area (Å²) in [4.78, 5) is 0. The van der Waals surface area contributed by atoms with Gasteiger partial charge in [-0.25, -0.2) is 8.78 Å². The van der Waals surface area contributed by atoms with Crippen LogP contribution in [-0.4, -0.2) is 7.05 Å². The smallest absolute Gasteiger partial charge is 0.179 e. The fourth-order valence-corrected chi connectivity index (χ4v) is 1.15. The zero-order valence-electron chi connectivity index (χ0n) is 6.50. The predicted octanol–water partition coefficient (Wildman–Crippen LogP) is 2.77. The van der Waals surface area contributed by atoms with Gasteiger partial charge in [-0.3, -0.25) is 0 Å². The highest BCUT2D eigenvalue weighted by molar-refractivity contribution is 6.32. The molecule has 1 aliphatic rings. The Morgan fingerprint density at radius 3 is 2.75 bits per heavy atom. The minimum atomic E-state index is -1.00. The largest absolute Gasteiger partial charge is 0.390 e. The molecular weight excluding hydrogens is 184 g/mol. The lowest BCUT2D eigenvalue weighted by Crippen LogP contribution is -2.06. The second-order valence-corrected chi connectivity index (χ2v) is 2.69. The third-order valence-electron chi connectivity index (χ3n) is 1.56. The molecule has 0 fully saturated rings. The molecule has 0 heterocycles. The molecule has 0 saturated carbocycles. The number of hydrogen-bond acceptors (Lipinski definition) is 1. The first-order chi connectivity index (χ1) is 5.66. The van der Waals surface area contributed by atoms with E-state index in [4.69, 9.17) is 11.6 Å². The zero-order valence-corrected chi connectivity index (χ0v) is 7.25. The first-order valence-electron chi connectivity index (χ1n) is 3.45. The molecule has 1 nitrogen and oxygen atoms in total. The number of allylic oxidation sites excluding steroid dienone is 5. The van der Waals surface area contributed by atoms with Crippen molar-refractivity contribution in [3.63, 3.8) is 0 Å². The molecule has 0 aromatic carbocycles. The van der Waals surface area contributed by atoms with Crippen LogP contribution in [0.2, 0.25) is 0 Å². The Morgan fingerprint density at radius 1 is 1.50 bits per heavy atom. The van der Waals surface area contributed by atoms with Gasteiger partial charge < -0.3 is 5.32 Å². The van der Waals surface area contributed by atoms with Crippen molar-refractivity contribution in [2.75, 3.05) is 7.05 Å². The van der Waals surface area contributed by atoms with Crippen LogP contribution >= 0.6 is 11.6 Å². The Morgan fingerprint density at radius 2 is 2.17 bits per heavy atom. The van der Waals surface area contributed by atoms with Crippen molar-refractivity contribution in [1.29, 1.82) is 0 Å². The van der Waals surface area contributed by atoms with Crippen LogP contribution in [0.3, 0.4) is 0 Å². The van der Waals surface area contributed by atoms with Crippen LogP contribution in [0.5, 0.6) is 0 Å². The average molecular weight is 192 g/mol. The van der Waals surface area contributed by atoms with E-state index in [2.05, 4.69) is 5.32 Å². The van der Waals surface area contributed by atoms with E-state index in [1.807, 2.05) is 0 Å². The molecule has 0 aliphatic heterocycles. The minimum absolute atomic E-state index is 0.181. The highest BCUT2D eigenvalue weighted by Crippen LogP contribution is 2.28. The average Bonchev–Trinajstić information content (AvgIpc) is 2.19. The maximum Gasteiger partial charge on any atom is 0.179 e. The van der Waals surface area contributed by atoms with Gasteiger partial charge in [-0.05, 0) is 6.08 Å². The summed E-state index contributed by atoms with van der Waals surface area (Å²) in [5.74, 6) is -1.93. The summed E-state index contributed by atoms with van der Waals surface area (Å²) in [6.07, 6.45) is 2.99. The first kappa shape index (κ1) is 9.26. The van der Waals surface area contributed by atoms with Gasteiger partial charge in [0.05, 0.1) is 5.03 Å². The van der Waals surface area contributed by atoms with Gasteiger partial charge in [0.2, 0.25) is 0 Å². The molecule has 0 amide bonds. The van der Waals surface area contributed by atoms with Gasteiger partial charge in [-0.2, -0.15) is 0 Å². The molecule has 0 radical (unpaired) electrons. The van der Waals surface area contributed by atoms with E-state index in [1.165, 1.54) is 6.08 Å². The third kappa shape index (κ3) is 1.67. The van der Waals surface area contributed by atoms with Crippen molar-refractivity contribution in [2.24, 2.45) is 0 Å². The van der Waals surface area contributed by atoms with Crippen LogP contribution in [0.1, 0.15) is 6.42 Å². The number of rotatable bonds is 1. The van der Waals surface area contributed by atoms with E-state index in [-0.39, 0.29) is 5.03 Å². The lowest BCUT2D eigenvalue weighted by molar-refractivity contribution is 0.569. The summed E-state index contributed by atoms with van der Waals surface area (Å²) in [5.41, 5.74) is 0.484. The molecule has 12 heavy (non-hydrogen) atoms. The predicted molar refractivity (Wildman–Crippen MR) is 44.9 cm³/mol. The van der Waals surface area contributed by atoms with Crippen LogP contribution in [0.15, 0.2) is 34.5 Å². The Hall–Kier alpha value is -0.830. The van der Waals surface area contributed by atoms with Crippen LogP contribution in [0.4, 0.5) is 8.78 Å². The van der Waals surface area contributed by atoms with Gasteiger partial charge in [0.15, 0.2) is 11.7 Å². The highest BCUT2D eigenvalue weighted by atomic mass is 35.5. The molecule has 4 heteroatoms. The van der Waals surface area contributed by atoms with Gasteiger partial charge in [-0.1, -0.05) is 17.7 Å². The second kappa shape index (κ2) is 3.72. The summed E-state index contributed by atoms with van der Waals surface area (Å²) in [6, 6.07) is 0. The van der Waals surface area contributed by atoms with E-state index in [1.54, 1.807) is 7.05 Å². The summed E-state index contributed by atoms with van der Waals surface area (Å²) in [7, 11) is 1.61. The Bertz CT molecular complexity index is 279. The van der Waals surface area contributed by atoms with E-state index in [9.17, 15) is 8.78 Å². The molecule has 0 unspecified atom stereocenters. The van der Waals surface area contributed by atoms with Crippen molar-refractivity contribution in [2.45, 2.75) is 6.42 Å². The normalized spacial score (nSPS) is 18.3. The van der Waals surface area contributed by atoms with Gasteiger partial charge >= 0.3 is 0 Å². The molecule has 0 saturated heterocycles. The Labute approximate surface area is 74.4 Å². The lowest BCUT2D eigenvalue weighted by Gasteiger charge is -2.04. The molecule has 66 valence electrons. The maximum atomic E-state index is 12.9. The topological polar surface area (TPSA) is 12.0 Å². The molecule has 1 N–H and O–H groups in total. The fourth-order valence-electron chi connectivity index (χ4n) is 0.892. The van der Waals surface area contributed by atoms with Crippen molar-refractivity contribution in [1.82, 2.24) is 5.32 Å². The molecule has 0 aromatic heterocycles. The summed E-state index contributed by atoms with van der Waals surface area (Å²) >= 11 is 5.54. The van der Waals surface area contributed by atoms with Gasteiger partial charge in [-0.15, -0.1) is 0 Å². The van der Waals surface area contributed by atoms with E-state index < -0.39 is 11.7 Å². The van der Waals surface area contributed by atoms with E-state index in [0.29, 0.717) is 12.1 Å². The first-order valence-corrected chi connectivity index (χ1v) is 3.83. The third-order valence-corrected chi connectivity index (χ3v) is 1.95. The maximum absolute atomic E-state index is 12.9. The van der Waals surface area contributed by atoms with E-state index >= 15 is 0 Å². The monoisotopic (exact) mass is 191 g/mol. The van der Waals surface area contributed by atoms with Crippen molar-refractivity contribution < 1.29 is 8.78 Å². The lowest BCUT2D eigenvalue weighted by atomic mass is 10.3. The number of halogens is 3. The van der Waals surface area contributed by atoms with Gasteiger partial charge in [0, 0.05) is 19.2 Å². The van der Waals surface area contributed by atoms with Crippen LogP contribution in [0, 0.1) is 0 Å². The Kier molecular flexibility index (Phi) is 2.87. The molecular formula is C8H8ClF2N. The number of hydrogen-bond donors (Lipinski definition) is 1. The highest BCUT2D eigenvalue weighted by Gasteiger charge is 2.14. The minimum Gasteiger partial charge on any atom is -0.390 e. The SMILES string of the molecule is CNC1=C(Cl)C(F)=C(F)C=CC1. The van der Waals surface area contributed by atoms with Crippen molar-refractivity contribution >= 4 is 11.6 Å². The summed E-state index contributed by atoms with van der Waals surface area (Å²) < 4.78 is 25.6. The molecule has 1 rings (SSSR count). The molecule has 0 bridgehead atoms. The number of nitrogens with one attached hydrogen (secondary N) is 1. The van der Waals surface area contributed by atoms with Gasteiger partial charge in [0.25, 0.3) is 0 Å². The van der Waals surface area contributed by atoms with Crippen LogP contribution < -0.4 is 5.32 Å². The standard InChI is InChI=1S/C8H8ClF2N/c1-12-6-4-2-3-5(10)8(11)7(6)9/h2-3,12H,4H2,1H3. The zero-order chi connectivity index (χ0) is 9.14. The summed E-state index contributed by atoms with van der Waals surface area (Å²) in [6.45, 7) is 0. The van der Waals surface area contributed by atoms with Crippen molar-refractivity contribution in [3.05, 3.63) is 34.5 Å².